The van der Waals surface area contributed by atoms with E-state index in [9.17, 15) is 28.0 Å². The molecular formula is C35H26N8O6S. The molecule has 6 rings (SSSR count). The predicted octanol–water partition coefficient (Wildman–Crippen LogP) is 9.57. The number of rotatable bonds is 9. The van der Waals surface area contributed by atoms with E-state index in [4.69, 9.17) is 11.5 Å². The number of benzene rings is 6. The molecule has 0 aliphatic carbocycles. The number of aromatic hydroxyl groups is 1. The molecule has 0 aliphatic rings. The van der Waals surface area contributed by atoms with Crippen LogP contribution in [0.5, 0.6) is 5.75 Å². The van der Waals surface area contributed by atoms with E-state index in [1.165, 1.54) is 36.4 Å². The third-order valence-corrected chi connectivity index (χ3v) is 8.24. The van der Waals surface area contributed by atoms with Gasteiger partial charge in [0.1, 0.15) is 17.0 Å². The average molecular weight is 687 g/mol. The van der Waals surface area contributed by atoms with Crippen LogP contribution >= 0.6 is 0 Å². The predicted molar refractivity (Wildman–Crippen MR) is 189 cm³/mol. The molecule has 0 radical (unpaired) electrons. The number of fused-ring (bicyclic) bond motifs is 1. The molecule has 0 saturated carbocycles. The Labute approximate surface area is 284 Å². The molecule has 7 N–H and O–H groups in total. The summed E-state index contributed by atoms with van der Waals surface area (Å²) in [6, 6.07) is 30.6. The first-order chi connectivity index (χ1) is 23.9. The second-order valence-electron chi connectivity index (χ2n) is 10.8. The maximum Gasteiger partial charge on any atom is 0.339 e. The van der Waals surface area contributed by atoms with Crippen molar-refractivity contribution in [1.82, 2.24) is 0 Å². The lowest BCUT2D eigenvalue weighted by Gasteiger charge is -2.07. The Morgan fingerprint density at radius 1 is 0.560 bits per heavy atom. The molecule has 0 aliphatic heterocycles. The molecule has 0 unspecified atom stereocenters. The van der Waals surface area contributed by atoms with Crippen LogP contribution in [-0.2, 0) is 10.1 Å². The smallest absolute Gasteiger partial charge is 0.339 e. The Balaban J connectivity index is 1.21. The molecule has 15 heteroatoms. The summed E-state index contributed by atoms with van der Waals surface area (Å²) in [5, 5.41) is 45.1. The first-order valence-corrected chi connectivity index (χ1v) is 16.1. The highest BCUT2D eigenvalue weighted by atomic mass is 32.2. The molecule has 6 aromatic rings. The third-order valence-electron chi connectivity index (χ3n) is 7.39. The van der Waals surface area contributed by atoms with Crippen molar-refractivity contribution in [3.8, 4) is 16.9 Å². The van der Waals surface area contributed by atoms with Gasteiger partial charge in [0.15, 0.2) is 0 Å². The molecule has 0 spiro atoms. The fraction of sp³-hybridized carbons (Fsp3) is 0. The first-order valence-electron chi connectivity index (χ1n) is 14.7. The number of carboxylic acids is 1. The van der Waals surface area contributed by atoms with E-state index in [2.05, 4.69) is 30.7 Å². The molecule has 0 amide bonds. The zero-order valence-electron chi connectivity index (χ0n) is 25.8. The number of anilines is 2. The fourth-order valence-corrected chi connectivity index (χ4v) is 5.34. The summed E-state index contributed by atoms with van der Waals surface area (Å²) in [7, 11) is -4.50. The van der Waals surface area contributed by atoms with Crippen molar-refractivity contribution in [2.24, 2.45) is 30.7 Å². The minimum absolute atomic E-state index is 0.264. The average Bonchev–Trinajstić information content (AvgIpc) is 3.10. The number of nitrogens with two attached hydrogens (primary N) is 2. The van der Waals surface area contributed by atoms with Crippen LogP contribution in [-0.4, -0.2) is 29.2 Å². The molecular weight excluding hydrogens is 661 g/mol. The lowest BCUT2D eigenvalue weighted by atomic mass is 10.1. The molecule has 0 aromatic heterocycles. The topological polar surface area (TPSA) is 238 Å². The number of phenols is 1. The lowest BCUT2D eigenvalue weighted by Crippen LogP contribution is -1.97. The van der Waals surface area contributed by atoms with Gasteiger partial charge in [0.05, 0.1) is 39.0 Å². The number of nitrogen functional groups attached to an aromatic ring is 2. The second kappa shape index (κ2) is 13.7. The first kappa shape index (κ1) is 33.1. The van der Waals surface area contributed by atoms with Gasteiger partial charge in [-0.15, -0.1) is 15.3 Å². The zero-order valence-corrected chi connectivity index (χ0v) is 26.6. The van der Waals surface area contributed by atoms with Gasteiger partial charge in [-0.3, -0.25) is 4.55 Å². The molecule has 0 saturated heterocycles. The van der Waals surface area contributed by atoms with Crippen molar-refractivity contribution < 1.29 is 28.0 Å². The molecule has 248 valence electrons. The van der Waals surface area contributed by atoms with Crippen LogP contribution in [0.2, 0.25) is 0 Å². The molecule has 0 atom stereocenters. The molecule has 6 aromatic carbocycles. The minimum atomic E-state index is -4.50. The summed E-state index contributed by atoms with van der Waals surface area (Å²) in [5.41, 5.74) is 16.6. The van der Waals surface area contributed by atoms with Gasteiger partial charge in [0.25, 0.3) is 10.1 Å². The van der Waals surface area contributed by atoms with Crippen LogP contribution < -0.4 is 11.5 Å². The van der Waals surface area contributed by atoms with Gasteiger partial charge in [-0.25, -0.2) is 4.79 Å². The Hall–Kier alpha value is -6.84. The van der Waals surface area contributed by atoms with E-state index in [1.54, 1.807) is 54.6 Å². The number of nitrogens with zero attached hydrogens (tertiary/aromatic N) is 6. The number of carbonyl (C=O) groups is 1. The minimum Gasteiger partial charge on any atom is -0.507 e. The van der Waals surface area contributed by atoms with Crippen molar-refractivity contribution in [2.75, 3.05) is 11.5 Å². The van der Waals surface area contributed by atoms with Crippen molar-refractivity contribution in [3.63, 3.8) is 0 Å². The van der Waals surface area contributed by atoms with Crippen molar-refractivity contribution in [1.29, 1.82) is 0 Å². The van der Waals surface area contributed by atoms with E-state index < -0.39 is 16.1 Å². The fourth-order valence-electron chi connectivity index (χ4n) is 4.83. The third kappa shape index (κ3) is 7.49. The SMILES string of the molecule is Nc1ccc(N=Nc2ccc(N=Nc3ccc(-c4ccc(N=Nc5ccc(O)c(C(=O)O)c5)cc4)cc3)c3ccc(S(=O)(=O)O)cc23)c(N)c1. The van der Waals surface area contributed by atoms with E-state index in [0.717, 1.165) is 11.1 Å². The summed E-state index contributed by atoms with van der Waals surface area (Å²) in [4.78, 5) is 10.9. The van der Waals surface area contributed by atoms with Gasteiger partial charge >= 0.3 is 5.97 Å². The van der Waals surface area contributed by atoms with Gasteiger partial charge in [0.2, 0.25) is 0 Å². The van der Waals surface area contributed by atoms with E-state index >= 15 is 0 Å². The Morgan fingerprint density at radius 3 is 1.68 bits per heavy atom. The van der Waals surface area contributed by atoms with Crippen molar-refractivity contribution in [2.45, 2.75) is 4.90 Å². The highest BCUT2D eigenvalue weighted by Gasteiger charge is 2.14. The van der Waals surface area contributed by atoms with Crippen molar-refractivity contribution in [3.05, 3.63) is 121 Å². The highest BCUT2D eigenvalue weighted by molar-refractivity contribution is 7.85. The van der Waals surface area contributed by atoms with Crippen LogP contribution in [0.25, 0.3) is 21.9 Å². The number of hydrogen-bond donors (Lipinski definition) is 5. The Morgan fingerprint density at radius 2 is 1.08 bits per heavy atom. The van der Waals surface area contributed by atoms with Gasteiger partial charge in [-0.2, -0.15) is 23.8 Å². The molecule has 14 nitrogen and oxygen atoms in total. The molecule has 0 fully saturated rings. The maximum atomic E-state index is 11.9. The number of hydrogen-bond acceptors (Lipinski definition) is 12. The quantitative estimate of drug-likeness (QED) is 0.0556. The summed E-state index contributed by atoms with van der Waals surface area (Å²) in [5.74, 6) is -1.62. The van der Waals surface area contributed by atoms with E-state index in [0.29, 0.717) is 50.6 Å². The summed E-state index contributed by atoms with van der Waals surface area (Å²) >= 11 is 0. The number of aromatic carboxylic acids is 1. The standard InChI is InChI=1S/C35H26N8O6S/c36-22-5-13-33(30(37)17-22)43-42-32-15-14-31(27-12-11-26(19-28(27)32)50(47,48)49)41-39-24-8-3-21(4-9-24)20-1-6-23(7-2-20)38-40-25-10-16-34(44)29(18-25)35(45)46/h1-19,44H,36-37H2,(H,45,46)(H,47,48,49). The zero-order chi connectivity index (χ0) is 35.4. The number of azo groups is 3. The maximum absolute atomic E-state index is 11.9. The summed E-state index contributed by atoms with van der Waals surface area (Å²) in [6.07, 6.45) is 0. The molecule has 50 heavy (non-hydrogen) atoms. The van der Waals surface area contributed by atoms with Gasteiger partial charge in [0, 0.05) is 16.5 Å². The van der Waals surface area contributed by atoms with Crippen molar-refractivity contribution >= 4 is 72.4 Å². The van der Waals surface area contributed by atoms with Gasteiger partial charge in [-0.1, -0.05) is 30.3 Å². The molecule has 0 bridgehead atoms. The van der Waals surface area contributed by atoms with Gasteiger partial charge < -0.3 is 21.7 Å². The van der Waals surface area contributed by atoms with E-state index in [-0.39, 0.29) is 21.9 Å². The number of carboxylic acid groups (broad SMARTS) is 1. The molecule has 0 heterocycles. The monoisotopic (exact) mass is 686 g/mol. The highest BCUT2D eigenvalue weighted by Crippen LogP contribution is 2.37. The Kier molecular flexibility index (Phi) is 9.07. The van der Waals surface area contributed by atoms with Crippen LogP contribution in [0, 0.1) is 0 Å². The Bertz CT molecular complexity index is 2470. The second-order valence-corrected chi connectivity index (χ2v) is 12.2. The van der Waals surface area contributed by atoms with Crippen LogP contribution in [0.1, 0.15) is 10.4 Å². The van der Waals surface area contributed by atoms with E-state index in [1.807, 2.05) is 24.3 Å². The summed E-state index contributed by atoms with van der Waals surface area (Å²) < 4.78 is 33.5. The largest absolute Gasteiger partial charge is 0.507 e. The normalized spacial score (nSPS) is 12.0. The van der Waals surface area contributed by atoms with Crippen LogP contribution in [0.15, 0.2) is 151 Å². The van der Waals surface area contributed by atoms with Gasteiger partial charge in [-0.05, 0) is 96.1 Å². The lowest BCUT2D eigenvalue weighted by molar-refractivity contribution is 0.0693. The van der Waals surface area contributed by atoms with Crippen LogP contribution in [0.3, 0.4) is 0 Å². The van der Waals surface area contributed by atoms with Crippen LogP contribution in [0.4, 0.5) is 45.5 Å². The summed E-state index contributed by atoms with van der Waals surface area (Å²) in [6.45, 7) is 0.